The molecule has 0 aliphatic carbocycles. The van der Waals surface area contributed by atoms with Crippen LogP contribution in [0.4, 0.5) is 5.69 Å². The van der Waals surface area contributed by atoms with Crippen LogP contribution in [0.5, 0.6) is 5.75 Å². The summed E-state index contributed by atoms with van der Waals surface area (Å²) in [5, 5.41) is 2.85. The largest absolute Gasteiger partial charge is 0.477 e. The first-order valence-electron chi connectivity index (χ1n) is 10.8. The molecule has 1 N–H and O–H groups in total. The van der Waals surface area contributed by atoms with Gasteiger partial charge in [0, 0.05) is 31.6 Å². The number of para-hydroxylation sites is 2. The van der Waals surface area contributed by atoms with Crippen LogP contribution in [-0.4, -0.2) is 48.4 Å². The molecular weight excluding hydrogens is 394 g/mol. The Morgan fingerprint density at radius 3 is 2.77 bits per heavy atom. The lowest BCUT2D eigenvalue weighted by Gasteiger charge is -2.34. The smallest absolute Gasteiger partial charge is 0.262 e. The number of hydrogen-bond donors (Lipinski definition) is 1. The fourth-order valence-corrected chi connectivity index (χ4v) is 3.98. The molecule has 2 aliphatic heterocycles. The Morgan fingerprint density at radius 2 is 2.00 bits per heavy atom. The molecule has 31 heavy (non-hydrogen) atoms. The van der Waals surface area contributed by atoms with Gasteiger partial charge in [0.25, 0.3) is 11.8 Å². The lowest BCUT2D eigenvalue weighted by molar-refractivity contribution is -0.128. The number of amides is 3. The van der Waals surface area contributed by atoms with Gasteiger partial charge in [0.1, 0.15) is 5.75 Å². The topological polar surface area (TPSA) is 79.0 Å². The number of likely N-dealkylation sites (tertiary alicyclic amines) is 1. The van der Waals surface area contributed by atoms with Gasteiger partial charge >= 0.3 is 0 Å². The number of ether oxygens (including phenoxy) is 1. The normalized spacial score (nSPS) is 17.8. The molecule has 0 saturated carbocycles. The van der Waals surface area contributed by atoms with E-state index >= 15 is 0 Å². The predicted octanol–water partition coefficient (Wildman–Crippen LogP) is 2.74. The van der Waals surface area contributed by atoms with Gasteiger partial charge in [0.15, 0.2) is 6.10 Å². The minimum absolute atomic E-state index is 0.139. The van der Waals surface area contributed by atoms with E-state index in [1.807, 2.05) is 48.2 Å². The maximum atomic E-state index is 13.5. The zero-order valence-electron chi connectivity index (χ0n) is 17.7. The third-order valence-corrected chi connectivity index (χ3v) is 5.58. The summed E-state index contributed by atoms with van der Waals surface area (Å²) >= 11 is 0. The summed E-state index contributed by atoms with van der Waals surface area (Å²) in [4.78, 5) is 41.4. The molecule has 2 heterocycles. The Bertz CT molecular complexity index is 990. The number of anilines is 1. The number of rotatable bonds is 6. The second-order valence-corrected chi connectivity index (χ2v) is 7.90. The number of carbonyl (C=O) groups is 3. The van der Waals surface area contributed by atoms with Crippen molar-refractivity contribution < 1.29 is 19.1 Å². The van der Waals surface area contributed by atoms with Crippen LogP contribution in [0.2, 0.25) is 0 Å². The van der Waals surface area contributed by atoms with Crippen molar-refractivity contribution in [2.45, 2.75) is 38.8 Å². The summed E-state index contributed by atoms with van der Waals surface area (Å²) in [5.74, 6) is 0.242. The third-order valence-electron chi connectivity index (χ3n) is 5.58. The lowest BCUT2D eigenvalue weighted by atomic mass is 10.1. The number of fused-ring (bicyclic) bond motifs is 1. The minimum Gasteiger partial charge on any atom is -0.477 e. The van der Waals surface area contributed by atoms with E-state index in [0.29, 0.717) is 36.5 Å². The van der Waals surface area contributed by atoms with Crippen LogP contribution in [0.3, 0.4) is 0 Å². The van der Waals surface area contributed by atoms with Gasteiger partial charge in [-0.15, -0.1) is 0 Å². The Morgan fingerprint density at radius 1 is 1.16 bits per heavy atom. The standard InChI is InChI=1S/C24H27N3O4/c1-2-12-25-23(29)21-16-27(19-9-3-4-10-20(19)31-21)24(30)18-8-5-7-17(14-18)15-26-13-6-11-22(26)28/h3-5,7-10,14,21H,2,6,11-13,15-16H2,1H3,(H,25,29)/t21-/m0/s1. The van der Waals surface area contributed by atoms with Gasteiger partial charge in [0.2, 0.25) is 5.91 Å². The van der Waals surface area contributed by atoms with E-state index in [-0.39, 0.29) is 24.3 Å². The molecule has 162 valence electrons. The summed E-state index contributed by atoms with van der Waals surface area (Å²) in [6.45, 7) is 3.94. The van der Waals surface area contributed by atoms with E-state index < -0.39 is 6.10 Å². The molecule has 0 radical (unpaired) electrons. The zero-order valence-corrected chi connectivity index (χ0v) is 17.7. The molecule has 1 saturated heterocycles. The quantitative estimate of drug-likeness (QED) is 0.778. The minimum atomic E-state index is -0.768. The molecule has 2 aromatic rings. The lowest BCUT2D eigenvalue weighted by Crippen LogP contribution is -2.50. The second-order valence-electron chi connectivity index (χ2n) is 7.90. The van der Waals surface area contributed by atoms with Crippen molar-refractivity contribution >= 4 is 23.4 Å². The molecule has 0 bridgehead atoms. The molecule has 7 nitrogen and oxygen atoms in total. The summed E-state index contributed by atoms with van der Waals surface area (Å²) < 4.78 is 5.88. The van der Waals surface area contributed by atoms with Crippen LogP contribution in [0, 0.1) is 0 Å². The maximum Gasteiger partial charge on any atom is 0.262 e. The molecule has 4 rings (SSSR count). The molecule has 3 amide bonds. The first-order valence-corrected chi connectivity index (χ1v) is 10.8. The van der Waals surface area contributed by atoms with Crippen LogP contribution >= 0.6 is 0 Å². The number of benzene rings is 2. The van der Waals surface area contributed by atoms with Gasteiger partial charge in [-0.05, 0) is 42.7 Å². The third kappa shape index (κ3) is 4.55. The van der Waals surface area contributed by atoms with E-state index in [0.717, 1.165) is 24.9 Å². The zero-order chi connectivity index (χ0) is 21.8. The second kappa shape index (κ2) is 9.20. The summed E-state index contributed by atoms with van der Waals surface area (Å²) in [6.07, 6.45) is 1.52. The number of carbonyl (C=O) groups excluding carboxylic acids is 3. The van der Waals surface area contributed by atoms with E-state index in [4.69, 9.17) is 4.74 Å². The first-order chi connectivity index (χ1) is 15.1. The highest BCUT2D eigenvalue weighted by molar-refractivity contribution is 6.08. The fraction of sp³-hybridized carbons (Fsp3) is 0.375. The highest BCUT2D eigenvalue weighted by Gasteiger charge is 2.34. The summed E-state index contributed by atoms with van der Waals surface area (Å²) in [6, 6.07) is 14.6. The molecule has 2 aromatic carbocycles. The molecule has 2 aliphatic rings. The predicted molar refractivity (Wildman–Crippen MR) is 117 cm³/mol. The molecule has 1 fully saturated rings. The van der Waals surface area contributed by atoms with Crippen molar-refractivity contribution in [3.63, 3.8) is 0 Å². The average molecular weight is 421 g/mol. The molecule has 0 aromatic heterocycles. The molecule has 1 atom stereocenters. The fourth-order valence-electron chi connectivity index (χ4n) is 3.98. The van der Waals surface area contributed by atoms with Crippen molar-refractivity contribution in [2.24, 2.45) is 0 Å². The van der Waals surface area contributed by atoms with Crippen LogP contribution < -0.4 is 15.0 Å². The Balaban J connectivity index is 1.57. The van der Waals surface area contributed by atoms with Gasteiger partial charge in [0.05, 0.1) is 12.2 Å². The van der Waals surface area contributed by atoms with Crippen LogP contribution in [0.25, 0.3) is 0 Å². The average Bonchev–Trinajstić information content (AvgIpc) is 3.20. The number of nitrogens with zero attached hydrogens (tertiary/aromatic N) is 2. The van der Waals surface area contributed by atoms with Gasteiger partial charge in [-0.3, -0.25) is 14.4 Å². The summed E-state index contributed by atoms with van der Waals surface area (Å²) in [5.41, 5.74) is 2.08. The molecule has 0 unspecified atom stereocenters. The SMILES string of the molecule is CCCNC(=O)[C@@H]1CN(C(=O)c2cccc(CN3CCCC3=O)c2)c2ccccc2O1. The van der Waals surface area contributed by atoms with E-state index in [1.165, 1.54) is 0 Å². The van der Waals surface area contributed by atoms with Crippen molar-refractivity contribution in [3.8, 4) is 5.75 Å². The maximum absolute atomic E-state index is 13.5. The molecule has 7 heteroatoms. The summed E-state index contributed by atoms with van der Waals surface area (Å²) in [7, 11) is 0. The Kier molecular flexibility index (Phi) is 6.21. The van der Waals surface area contributed by atoms with Crippen molar-refractivity contribution in [1.82, 2.24) is 10.2 Å². The van der Waals surface area contributed by atoms with E-state index in [2.05, 4.69) is 5.32 Å². The van der Waals surface area contributed by atoms with Gasteiger partial charge in [-0.2, -0.15) is 0 Å². The van der Waals surface area contributed by atoms with Crippen LogP contribution in [0.15, 0.2) is 48.5 Å². The van der Waals surface area contributed by atoms with Crippen molar-refractivity contribution in [1.29, 1.82) is 0 Å². The van der Waals surface area contributed by atoms with Gasteiger partial charge in [-0.1, -0.05) is 31.2 Å². The van der Waals surface area contributed by atoms with Crippen LogP contribution in [0.1, 0.15) is 42.1 Å². The monoisotopic (exact) mass is 421 g/mol. The molecule has 0 spiro atoms. The first kappa shape index (κ1) is 20.9. The Hall–Kier alpha value is -3.35. The highest BCUT2D eigenvalue weighted by atomic mass is 16.5. The number of hydrogen-bond acceptors (Lipinski definition) is 4. The highest BCUT2D eigenvalue weighted by Crippen LogP contribution is 2.34. The van der Waals surface area contributed by atoms with E-state index in [9.17, 15) is 14.4 Å². The van der Waals surface area contributed by atoms with Crippen molar-refractivity contribution in [3.05, 3.63) is 59.7 Å². The number of nitrogens with one attached hydrogen (secondary N) is 1. The van der Waals surface area contributed by atoms with E-state index in [1.54, 1.807) is 17.0 Å². The van der Waals surface area contributed by atoms with Crippen LogP contribution in [-0.2, 0) is 16.1 Å². The van der Waals surface area contributed by atoms with Gasteiger partial charge in [-0.25, -0.2) is 0 Å². The van der Waals surface area contributed by atoms with Crippen molar-refractivity contribution in [2.75, 3.05) is 24.5 Å². The Labute approximate surface area is 182 Å². The molecular formula is C24H27N3O4. The van der Waals surface area contributed by atoms with Gasteiger partial charge < -0.3 is 19.9 Å².